The molecule has 30 heavy (non-hydrogen) atoms. The van der Waals surface area contributed by atoms with Gasteiger partial charge in [0.05, 0.1) is 12.5 Å². The summed E-state index contributed by atoms with van der Waals surface area (Å²) in [6.45, 7) is 8.44. The Balaban J connectivity index is 1.99. The summed E-state index contributed by atoms with van der Waals surface area (Å²) in [6.07, 6.45) is 2.85. The van der Waals surface area contributed by atoms with Crippen molar-refractivity contribution in [1.82, 2.24) is 14.5 Å². The lowest BCUT2D eigenvalue weighted by molar-refractivity contribution is 0.215. The lowest BCUT2D eigenvalue weighted by Crippen LogP contribution is -2.37. The molecule has 1 fully saturated rings. The van der Waals surface area contributed by atoms with Gasteiger partial charge in [0.15, 0.2) is 0 Å². The third-order valence-corrected chi connectivity index (χ3v) is 7.34. The highest BCUT2D eigenvalue weighted by Gasteiger charge is 2.27. The molecule has 0 amide bonds. The molecule has 0 atom stereocenters. The van der Waals surface area contributed by atoms with Crippen molar-refractivity contribution in [3.05, 3.63) is 45.3 Å². The molecule has 1 saturated heterocycles. The molecule has 0 bridgehead atoms. The number of hydrogen-bond donors (Lipinski definition) is 0. The van der Waals surface area contributed by atoms with Crippen LogP contribution in [0, 0.1) is 0 Å². The van der Waals surface area contributed by atoms with E-state index >= 15 is 0 Å². The molecule has 0 N–H and O–H groups in total. The zero-order valence-corrected chi connectivity index (χ0v) is 19.4. The van der Waals surface area contributed by atoms with Crippen molar-refractivity contribution in [2.24, 2.45) is 0 Å². The number of methoxy groups -OCH3 is 1. The van der Waals surface area contributed by atoms with Crippen LogP contribution in [0.3, 0.4) is 0 Å². The van der Waals surface area contributed by atoms with E-state index < -0.39 is 0 Å². The highest BCUT2D eigenvalue weighted by Crippen LogP contribution is 2.39. The number of aryl methyl sites for hydroxylation is 1. The third kappa shape index (κ3) is 3.67. The van der Waals surface area contributed by atoms with Crippen molar-refractivity contribution in [2.75, 3.05) is 27.2 Å². The molecule has 0 radical (unpaired) electrons. The molecule has 2 aromatic heterocycles. The van der Waals surface area contributed by atoms with Crippen LogP contribution in [0.1, 0.15) is 56.3 Å². The summed E-state index contributed by atoms with van der Waals surface area (Å²) in [5, 5.41) is 0.772. The minimum atomic E-state index is 0.118. The summed E-state index contributed by atoms with van der Waals surface area (Å²) in [7, 11) is 3.83. The van der Waals surface area contributed by atoms with E-state index in [1.165, 1.54) is 4.88 Å². The fourth-order valence-electron chi connectivity index (χ4n) is 4.47. The first-order chi connectivity index (χ1) is 14.4. The standard InChI is InChI=1S/C24H31N3O2S/c1-6-19-20(16-8-7-9-18(14-16)29-5)21-23(30-19)25-22(15(2)3)27(24(21)28)17-10-12-26(4)13-11-17/h7-9,14-15,17H,6,10-13H2,1-5H3. The first-order valence-corrected chi connectivity index (χ1v) is 11.7. The van der Waals surface area contributed by atoms with E-state index in [9.17, 15) is 4.79 Å². The molecule has 0 spiro atoms. The molecule has 160 valence electrons. The maximum atomic E-state index is 14.0. The van der Waals surface area contributed by atoms with Crippen LogP contribution in [-0.4, -0.2) is 41.7 Å². The summed E-state index contributed by atoms with van der Waals surface area (Å²) < 4.78 is 7.47. The summed E-state index contributed by atoms with van der Waals surface area (Å²) in [4.78, 5) is 23.5. The van der Waals surface area contributed by atoms with Crippen molar-refractivity contribution in [3.8, 4) is 16.9 Å². The van der Waals surface area contributed by atoms with Crippen LogP contribution in [-0.2, 0) is 6.42 Å². The van der Waals surface area contributed by atoms with Crippen molar-refractivity contribution in [2.45, 2.75) is 52.0 Å². The molecule has 1 aliphatic rings. The molecule has 3 aromatic rings. The number of fused-ring (bicyclic) bond motifs is 1. The van der Waals surface area contributed by atoms with E-state index in [1.807, 2.05) is 22.8 Å². The van der Waals surface area contributed by atoms with E-state index in [1.54, 1.807) is 18.4 Å². The predicted molar refractivity (Wildman–Crippen MR) is 125 cm³/mol. The molecule has 0 unspecified atom stereocenters. The topological polar surface area (TPSA) is 47.4 Å². The van der Waals surface area contributed by atoms with E-state index in [0.29, 0.717) is 0 Å². The Bertz CT molecular complexity index is 1110. The highest BCUT2D eigenvalue weighted by molar-refractivity contribution is 7.19. The Morgan fingerprint density at radius 3 is 2.63 bits per heavy atom. The van der Waals surface area contributed by atoms with Gasteiger partial charge in [0, 0.05) is 22.4 Å². The number of ether oxygens (including phenoxy) is 1. The van der Waals surface area contributed by atoms with Crippen LogP contribution in [0.25, 0.3) is 21.3 Å². The Hall–Kier alpha value is -2.18. The quantitative estimate of drug-likeness (QED) is 0.571. The van der Waals surface area contributed by atoms with E-state index in [4.69, 9.17) is 9.72 Å². The van der Waals surface area contributed by atoms with Gasteiger partial charge in [-0.3, -0.25) is 9.36 Å². The average molecular weight is 426 g/mol. The highest BCUT2D eigenvalue weighted by atomic mass is 32.1. The zero-order chi connectivity index (χ0) is 21.4. The van der Waals surface area contributed by atoms with Gasteiger partial charge in [0.1, 0.15) is 16.4 Å². The summed E-state index contributed by atoms with van der Waals surface area (Å²) >= 11 is 1.66. The van der Waals surface area contributed by atoms with Gasteiger partial charge in [0.25, 0.3) is 5.56 Å². The second kappa shape index (κ2) is 8.52. The van der Waals surface area contributed by atoms with Gasteiger partial charge in [-0.25, -0.2) is 4.98 Å². The van der Waals surface area contributed by atoms with Gasteiger partial charge in [0.2, 0.25) is 0 Å². The molecule has 1 aliphatic heterocycles. The Kier molecular flexibility index (Phi) is 5.98. The van der Waals surface area contributed by atoms with Crippen molar-refractivity contribution < 1.29 is 4.74 Å². The molecule has 1 aromatic carbocycles. The average Bonchev–Trinajstić information content (AvgIpc) is 3.13. The smallest absolute Gasteiger partial charge is 0.263 e. The maximum Gasteiger partial charge on any atom is 0.263 e. The van der Waals surface area contributed by atoms with Crippen LogP contribution in [0.5, 0.6) is 5.75 Å². The number of piperidine rings is 1. The molecular formula is C24H31N3O2S. The van der Waals surface area contributed by atoms with Crippen LogP contribution in [0.15, 0.2) is 29.1 Å². The summed E-state index contributed by atoms with van der Waals surface area (Å²) in [5.41, 5.74) is 2.18. The molecular weight excluding hydrogens is 394 g/mol. The molecule has 4 rings (SSSR count). The van der Waals surface area contributed by atoms with Crippen molar-refractivity contribution in [3.63, 3.8) is 0 Å². The minimum absolute atomic E-state index is 0.118. The first-order valence-electron chi connectivity index (χ1n) is 10.8. The normalized spacial score (nSPS) is 15.9. The van der Waals surface area contributed by atoms with Crippen molar-refractivity contribution >= 4 is 21.6 Å². The lowest BCUT2D eigenvalue weighted by Gasteiger charge is -2.32. The molecule has 0 saturated carbocycles. The van der Waals surface area contributed by atoms with E-state index in [0.717, 1.165) is 65.3 Å². The fourth-order valence-corrected chi connectivity index (χ4v) is 5.60. The third-order valence-electron chi connectivity index (χ3n) is 6.11. The van der Waals surface area contributed by atoms with E-state index in [2.05, 4.69) is 38.8 Å². The summed E-state index contributed by atoms with van der Waals surface area (Å²) in [6, 6.07) is 8.24. The number of aromatic nitrogens is 2. The second-order valence-corrected chi connectivity index (χ2v) is 9.58. The maximum absolute atomic E-state index is 14.0. The Labute approximate surface area is 182 Å². The van der Waals surface area contributed by atoms with Crippen LogP contribution in [0.4, 0.5) is 0 Å². The number of thiophene rings is 1. The number of benzene rings is 1. The zero-order valence-electron chi connectivity index (χ0n) is 18.6. The van der Waals surface area contributed by atoms with Crippen LogP contribution < -0.4 is 10.3 Å². The van der Waals surface area contributed by atoms with Crippen LogP contribution >= 0.6 is 11.3 Å². The SMILES string of the molecule is CCc1sc2nc(C(C)C)n(C3CCN(C)CC3)c(=O)c2c1-c1cccc(OC)c1. The van der Waals surface area contributed by atoms with Gasteiger partial charge in [-0.2, -0.15) is 0 Å². The van der Waals surface area contributed by atoms with E-state index in [-0.39, 0.29) is 17.5 Å². The molecule has 0 aliphatic carbocycles. The number of nitrogens with zero attached hydrogens (tertiary/aromatic N) is 3. The monoisotopic (exact) mass is 425 g/mol. The summed E-state index contributed by atoms with van der Waals surface area (Å²) in [5.74, 6) is 1.92. The van der Waals surface area contributed by atoms with Gasteiger partial charge < -0.3 is 9.64 Å². The van der Waals surface area contributed by atoms with Crippen LogP contribution in [0.2, 0.25) is 0 Å². The number of hydrogen-bond acceptors (Lipinski definition) is 5. The number of rotatable bonds is 5. The van der Waals surface area contributed by atoms with Gasteiger partial charge in [-0.05, 0) is 57.1 Å². The first kappa shape index (κ1) is 21.1. The lowest BCUT2D eigenvalue weighted by atomic mass is 10.0. The number of likely N-dealkylation sites (tertiary alicyclic amines) is 1. The minimum Gasteiger partial charge on any atom is -0.497 e. The molecule has 5 nitrogen and oxygen atoms in total. The fraction of sp³-hybridized carbons (Fsp3) is 0.500. The molecule has 3 heterocycles. The Morgan fingerprint density at radius 2 is 2.00 bits per heavy atom. The van der Waals surface area contributed by atoms with Crippen molar-refractivity contribution in [1.29, 1.82) is 0 Å². The van der Waals surface area contributed by atoms with Gasteiger partial charge in [-0.1, -0.05) is 32.9 Å². The Morgan fingerprint density at radius 1 is 1.27 bits per heavy atom. The van der Waals surface area contributed by atoms with Gasteiger partial charge >= 0.3 is 0 Å². The largest absolute Gasteiger partial charge is 0.497 e. The predicted octanol–water partition coefficient (Wildman–Crippen LogP) is 5.09. The molecule has 6 heteroatoms. The van der Waals surface area contributed by atoms with Gasteiger partial charge in [-0.15, -0.1) is 11.3 Å². The second-order valence-electron chi connectivity index (χ2n) is 8.50.